The van der Waals surface area contributed by atoms with Crippen LogP contribution in [0.5, 0.6) is 11.5 Å². The van der Waals surface area contributed by atoms with Crippen molar-refractivity contribution in [2.24, 2.45) is 5.73 Å². The molecule has 0 saturated carbocycles. The lowest BCUT2D eigenvalue weighted by molar-refractivity contribution is -0.112. The number of hydrogen-bond acceptors (Lipinski definition) is 9. The van der Waals surface area contributed by atoms with E-state index in [0.29, 0.717) is 86.9 Å². The summed E-state index contributed by atoms with van der Waals surface area (Å²) in [6.45, 7) is 6.37. The van der Waals surface area contributed by atoms with Crippen LogP contribution in [0.1, 0.15) is 53.8 Å². The molecule has 2 aromatic carbocycles. The number of nitrogens with one attached hydrogen (secondary N) is 1. The minimum atomic E-state index is -0.587. The largest absolute Gasteiger partial charge is 0.493 e. The lowest BCUT2D eigenvalue weighted by Crippen LogP contribution is -2.17. The zero-order chi connectivity index (χ0) is 33.5. The van der Waals surface area contributed by atoms with Gasteiger partial charge in [-0.2, -0.15) is 5.26 Å². The zero-order valence-corrected chi connectivity index (χ0v) is 27.9. The van der Waals surface area contributed by atoms with Crippen molar-refractivity contribution in [1.82, 2.24) is 14.9 Å². The van der Waals surface area contributed by atoms with Crippen molar-refractivity contribution < 1.29 is 19.0 Å². The van der Waals surface area contributed by atoms with E-state index in [2.05, 4.69) is 27.4 Å². The van der Waals surface area contributed by atoms with Crippen LogP contribution in [0.15, 0.2) is 54.7 Å². The van der Waals surface area contributed by atoms with Gasteiger partial charge in [-0.15, -0.1) is 0 Å². The van der Waals surface area contributed by atoms with Crippen LogP contribution in [-0.4, -0.2) is 61.2 Å². The number of aromatic nitrogens is 2. The van der Waals surface area contributed by atoms with Crippen LogP contribution in [0, 0.1) is 18.3 Å². The monoisotopic (exact) mass is 654 g/mol. The third kappa shape index (κ3) is 8.00. The second-order valence-electron chi connectivity index (χ2n) is 11.6. The van der Waals surface area contributed by atoms with E-state index in [4.69, 9.17) is 31.5 Å². The highest BCUT2D eigenvalue weighted by Crippen LogP contribution is 2.38. The second kappa shape index (κ2) is 15.3. The number of primary amides is 1. The SMILES string of the molecule is CCOc1cc2nc(C)c(C#N)c(Nc3ccc(OCc4ccc(C5CCOCC5)nc4)c(Cl)c3)c2cc1C(=CCN(C)C)C(N)=O. The molecule has 11 heteroatoms. The fourth-order valence-electron chi connectivity index (χ4n) is 5.54. The molecule has 0 unspecified atom stereocenters. The number of ether oxygens (including phenoxy) is 3. The van der Waals surface area contributed by atoms with Crippen molar-refractivity contribution in [3.05, 3.63) is 87.8 Å². The van der Waals surface area contributed by atoms with Gasteiger partial charge in [-0.3, -0.25) is 14.8 Å². The number of nitrogens with zero attached hydrogens (tertiary/aromatic N) is 4. The lowest BCUT2D eigenvalue weighted by Gasteiger charge is -2.21. The number of benzene rings is 2. The quantitative estimate of drug-likeness (QED) is 0.164. The minimum Gasteiger partial charge on any atom is -0.493 e. The highest BCUT2D eigenvalue weighted by Gasteiger charge is 2.21. The number of hydrogen-bond donors (Lipinski definition) is 2. The van der Waals surface area contributed by atoms with Crippen molar-refractivity contribution >= 4 is 45.4 Å². The number of nitriles is 1. The maximum Gasteiger partial charge on any atom is 0.249 e. The second-order valence-corrected chi connectivity index (χ2v) is 12.0. The fraction of sp³-hybridized carbons (Fsp3) is 0.333. The Balaban J connectivity index is 1.43. The maximum absolute atomic E-state index is 12.6. The van der Waals surface area contributed by atoms with E-state index in [9.17, 15) is 10.1 Å². The molecule has 47 heavy (non-hydrogen) atoms. The average molecular weight is 655 g/mol. The van der Waals surface area contributed by atoms with Gasteiger partial charge in [-0.05, 0) is 71.1 Å². The first kappa shape index (κ1) is 33.7. The molecule has 0 radical (unpaired) electrons. The molecule has 1 aliphatic rings. The summed E-state index contributed by atoms with van der Waals surface area (Å²) in [6, 6.07) is 15.3. The Hall–Kier alpha value is -4.69. The molecule has 244 valence electrons. The first-order chi connectivity index (χ1) is 22.7. The van der Waals surface area contributed by atoms with Gasteiger partial charge >= 0.3 is 0 Å². The normalized spacial score (nSPS) is 13.9. The summed E-state index contributed by atoms with van der Waals surface area (Å²) in [5.74, 6) is 0.835. The molecule has 10 nitrogen and oxygen atoms in total. The number of likely N-dealkylation sites (N-methyl/N-ethyl adjacent to an activating group) is 1. The van der Waals surface area contributed by atoms with Crippen LogP contribution in [0.2, 0.25) is 5.02 Å². The number of pyridine rings is 2. The van der Waals surface area contributed by atoms with Gasteiger partial charge in [0.25, 0.3) is 0 Å². The van der Waals surface area contributed by atoms with Crippen molar-refractivity contribution in [1.29, 1.82) is 5.26 Å². The van der Waals surface area contributed by atoms with E-state index >= 15 is 0 Å². The van der Waals surface area contributed by atoms with Crippen molar-refractivity contribution in [2.45, 2.75) is 39.2 Å². The molecule has 1 saturated heterocycles. The van der Waals surface area contributed by atoms with Gasteiger partial charge in [0, 0.05) is 71.4 Å². The Morgan fingerprint density at radius 1 is 1.17 bits per heavy atom. The molecule has 2 aromatic heterocycles. The number of rotatable bonds is 12. The predicted molar refractivity (Wildman–Crippen MR) is 184 cm³/mol. The molecule has 0 aliphatic carbocycles. The Morgan fingerprint density at radius 2 is 1.96 bits per heavy atom. The summed E-state index contributed by atoms with van der Waals surface area (Å²) < 4.78 is 17.4. The summed E-state index contributed by atoms with van der Waals surface area (Å²) in [5.41, 5.74) is 11.3. The van der Waals surface area contributed by atoms with Gasteiger partial charge in [0.15, 0.2) is 0 Å². The molecule has 1 aliphatic heterocycles. The smallest absolute Gasteiger partial charge is 0.249 e. The van der Waals surface area contributed by atoms with Crippen LogP contribution in [0.4, 0.5) is 11.4 Å². The maximum atomic E-state index is 12.6. The summed E-state index contributed by atoms with van der Waals surface area (Å²) in [7, 11) is 3.80. The Morgan fingerprint density at radius 3 is 2.60 bits per heavy atom. The number of amides is 1. The zero-order valence-electron chi connectivity index (χ0n) is 27.1. The van der Waals surface area contributed by atoms with E-state index in [1.807, 2.05) is 44.2 Å². The van der Waals surface area contributed by atoms with E-state index < -0.39 is 5.91 Å². The van der Waals surface area contributed by atoms with Crippen molar-refractivity contribution in [2.75, 3.05) is 45.8 Å². The Labute approximate surface area is 280 Å². The fourth-order valence-corrected chi connectivity index (χ4v) is 5.78. The lowest BCUT2D eigenvalue weighted by atomic mass is 9.96. The summed E-state index contributed by atoms with van der Waals surface area (Å²) in [5, 5.41) is 14.6. The van der Waals surface area contributed by atoms with Gasteiger partial charge in [0.1, 0.15) is 24.2 Å². The van der Waals surface area contributed by atoms with Crippen LogP contribution in [0.25, 0.3) is 16.5 Å². The number of carbonyl (C=O) groups is 1. The summed E-state index contributed by atoms with van der Waals surface area (Å²) >= 11 is 6.68. The first-order valence-electron chi connectivity index (χ1n) is 15.6. The van der Waals surface area contributed by atoms with Gasteiger partial charge in [-0.1, -0.05) is 23.7 Å². The summed E-state index contributed by atoms with van der Waals surface area (Å²) in [4.78, 5) is 23.9. The minimum absolute atomic E-state index is 0.312. The Kier molecular flexibility index (Phi) is 10.9. The highest BCUT2D eigenvalue weighted by molar-refractivity contribution is 6.32. The molecule has 0 spiro atoms. The van der Waals surface area contributed by atoms with Crippen LogP contribution < -0.4 is 20.5 Å². The molecule has 0 bridgehead atoms. The van der Waals surface area contributed by atoms with Crippen LogP contribution in [0.3, 0.4) is 0 Å². The molecule has 1 amide bonds. The number of anilines is 2. The van der Waals surface area contributed by atoms with Gasteiger partial charge in [-0.25, -0.2) is 0 Å². The third-order valence-electron chi connectivity index (χ3n) is 7.98. The predicted octanol–water partition coefficient (Wildman–Crippen LogP) is 6.51. The highest BCUT2D eigenvalue weighted by atomic mass is 35.5. The van der Waals surface area contributed by atoms with Crippen molar-refractivity contribution in [3.8, 4) is 17.6 Å². The number of carbonyl (C=O) groups excluding carboxylic acids is 1. The molecule has 0 atom stereocenters. The summed E-state index contributed by atoms with van der Waals surface area (Å²) in [6.07, 6.45) is 5.59. The van der Waals surface area contributed by atoms with Gasteiger partial charge < -0.3 is 30.2 Å². The molecule has 1 fully saturated rings. The van der Waals surface area contributed by atoms with Crippen LogP contribution >= 0.6 is 11.6 Å². The molecule has 3 N–H and O–H groups in total. The van der Waals surface area contributed by atoms with Gasteiger partial charge in [0.05, 0.1) is 34.1 Å². The molecule has 3 heterocycles. The number of nitrogens with two attached hydrogens (primary N) is 1. The molecular weight excluding hydrogens is 616 g/mol. The number of fused-ring (bicyclic) bond motifs is 1. The third-order valence-corrected chi connectivity index (χ3v) is 8.27. The molecule has 5 rings (SSSR count). The van der Waals surface area contributed by atoms with Crippen molar-refractivity contribution in [3.63, 3.8) is 0 Å². The van der Waals surface area contributed by atoms with Crippen LogP contribution in [-0.2, 0) is 16.1 Å². The van der Waals surface area contributed by atoms with Gasteiger partial charge in [0.2, 0.25) is 5.91 Å². The molecule has 4 aromatic rings. The number of aryl methyl sites for hydroxylation is 1. The number of halogens is 1. The van der Waals surface area contributed by atoms with E-state index in [1.54, 1.807) is 37.3 Å². The molecular formula is C36H39ClN6O4. The first-order valence-corrected chi connectivity index (χ1v) is 15.9. The Bertz CT molecular complexity index is 1830. The van der Waals surface area contributed by atoms with E-state index in [1.165, 1.54) is 0 Å². The standard InChI is InChI=1S/C36H39ClN6O4/c1-5-46-34-18-32-28(17-27(34)26(36(39)44)10-13-43(3)4)35(29(19-38)22(2)41-32)42-25-7-9-33(30(37)16-25)47-21-23-6-8-31(40-20-23)24-11-14-45-15-12-24/h6-10,16-18,20,24H,5,11-15,21H2,1-4H3,(H2,39,44)(H,41,42). The van der Waals surface area contributed by atoms with E-state index in [0.717, 1.165) is 37.3 Å². The van der Waals surface area contributed by atoms with E-state index in [-0.39, 0.29) is 0 Å². The average Bonchev–Trinajstić information content (AvgIpc) is 3.05. The topological polar surface area (TPSA) is 136 Å².